The topological polar surface area (TPSA) is 130 Å². The summed E-state index contributed by atoms with van der Waals surface area (Å²) >= 11 is 0. The van der Waals surface area contributed by atoms with Crippen molar-refractivity contribution < 1.29 is 33.0 Å². The molecule has 3 N–H and O–H groups in total. The van der Waals surface area contributed by atoms with E-state index in [1.807, 2.05) is 6.07 Å². The Morgan fingerprint density at radius 1 is 1.04 bits per heavy atom. The van der Waals surface area contributed by atoms with Gasteiger partial charge < -0.3 is 20.3 Å². The van der Waals surface area contributed by atoms with Crippen molar-refractivity contribution in [2.24, 2.45) is 0 Å². The Hall–Kier alpha value is -2.91. The SMILES string of the molecule is CS(=O)(=O)c1ccc(C[C@@H](NC(=O)OCc2ccccc2)[C@H](O)C(=O)O)cc1. The third-order valence-electron chi connectivity index (χ3n) is 3.96. The fourth-order valence-electron chi connectivity index (χ4n) is 2.46. The molecule has 0 saturated heterocycles. The minimum absolute atomic E-state index is 0.00832. The van der Waals surface area contributed by atoms with Crippen molar-refractivity contribution in [2.45, 2.75) is 30.1 Å². The molecule has 0 fully saturated rings. The van der Waals surface area contributed by atoms with Crippen molar-refractivity contribution >= 4 is 21.9 Å². The fourth-order valence-corrected chi connectivity index (χ4v) is 3.09. The van der Waals surface area contributed by atoms with Crippen LogP contribution >= 0.6 is 0 Å². The third-order valence-corrected chi connectivity index (χ3v) is 5.09. The molecule has 2 aromatic carbocycles. The predicted molar refractivity (Wildman–Crippen MR) is 100 cm³/mol. The fraction of sp³-hybridized carbons (Fsp3) is 0.263. The molecular weight excluding hydrogens is 386 g/mol. The number of hydrogen-bond donors (Lipinski definition) is 3. The highest BCUT2D eigenvalue weighted by molar-refractivity contribution is 7.90. The summed E-state index contributed by atoms with van der Waals surface area (Å²) in [5.41, 5.74) is 1.30. The highest BCUT2D eigenvalue weighted by Gasteiger charge is 2.28. The van der Waals surface area contributed by atoms with E-state index in [0.717, 1.165) is 11.8 Å². The second-order valence-electron chi connectivity index (χ2n) is 6.22. The number of aliphatic carboxylic acids is 1. The standard InChI is InChI=1S/C19H21NO7S/c1-28(25,26)15-9-7-13(8-10-15)11-16(17(21)18(22)23)20-19(24)27-12-14-5-3-2-4-6-14/h2-10,16-17,21H,11-12H2,1H3,(H,20,24)(H,22,23)/t16-,17+/m1/s1. The van der Waals surface area contributed by atoms with Gasteiger partial charge in [0.15, 0.2) is 15.9 Å². The number of carbonyl (C=O) groups is 2. The van der Waals surface area contributed by atoms with Crippen molar-refractivity contribution in [1.82, 2.24) is 5.32 Å². The van der Waals surface area contributed by atoms with Crippen molar-refractivity contribution in [1.29, 1.82) is 0 Å². The lowest BCUT2D eigenvalue weighted by molar-refractivity contribution is -0.148. The first kappa shape index (κ1) is 21.4. The predicted octanol–water partition coefficient (Wildman–Crippen LogP) is 1.37. The van der Waals surface area contributed by atoms with Crippen molar-refractivity contribution in [3.63, 3.8) is 0 Å². The Kier molecular flexibility index (Phi) is 7.13. The first-order valence-corrected chi connectivity index (χ1v) is 10.2. The van der Waals surface area contributed by atoms with Gasteiger partial charge in [0, 0.05) is 6.26 Å². The number of hydrogen-bond acceptors (Lipinski definition) is 6. The second kappa shape index (κ2) is 9.34. The summed E-state index contributed by atoms with van der Waals surface area (Å²) in [7, 11) is -3.36. The summed E-state index contributed by atoms with van der Waals surface area (Å²) < 4.78 is 28.1. The lowest BCUT2D eigenvalue weighted by Gasteiger charge is -2.21. The van der Waals surface area contributed by atoms with Crippen LogP contribution in [0.4, 0.5) is 4.79 Å². The maximum absolute atomic E-state index is 12.0. The van der Waals surface area contributed by atoms with E-state index in [1.165, 1.54) is 24.3 Å². The van der Waals surface area contributed by atoms with Gasteiger partial charge in [0.25, 0.3) is 0 Å². The lowest BCUT2D eigenvalue weighted by Crippen LogP contribution is -2.48. The number of aliphatic hydroxyl groups excluding tert-OH is 1. The number of nitrogens with one attached hydrogen (secondary N) is 1. The van der Waals surface area contributed by atoms with Crippen LogP contribution in [0.5, 0.6) is 0 Å². The first-order chi connectivity index (χ1) is 13.2. The number of ether oxygens (including phenoxy) is 1. The van der Waals surface area contributed by atoms with Crippen molar-refractivity contribution in [3.8, 4) is 0 Å². The van der Waals surface area contributed by atoms with E-state index in [1.54, 1.807) is 24.3 Å². The molecular formula is C19H21NO7S. The van der Waals surface area contributed by atoms with E-state index in [2.05, 4.69) is 5.32 Å². The lowest BCUT2D eigenvalue weighted by atomic mass is 10.0. The van der Waals surface area contributed by atoms with Crippen LogP contribution in [0.25, 0.3) is 0 Å². The molecule has 8 nitrogen and oxygen atoms in total. The van der Waals surface area contributed by atoms with Crippen molar-refractivity contribution in [3.05, 3.63) is 65.7 Å². The van der Waals surface area contributed by atoms with Gasteiger partial charge in [-0.25, -0.2) is 18.0 Å². The normalized spacial score (nSPS) is 13.4. The molecule has 0 aliphatic rings. The number of sulfone groups is 1. The molecule has 0 heterocycles. The van der Waals surface area contributed by atoms with Crippen LogP contribution in [0, 0.1) is 0 Å². The minimum Gasteiger partial charge on any atom is -0.479 e. The van der Waals surface area contributed by atoms with Crippen LogP contribution in [-0.2, 0) is 32.4 Å². The number of carbonyl (C=O) groups excluding carboxylic acids is 1. The Balaban J connectivity index is 2.05. The Labute approximate surface area is 162 Å². The van der Waals surface area contributed by atoms with Crippen LogP contribution in [-0.4, -0.2) is 49.1 Å². The average Bonchev–Trinajstić information content (AvgIpc) is 2.65. The van der Waals surface area contributed by atoms with Gasteiger partial charge in [-0.15, -0.1) is 0 Å². The zero-order valence-corrected chi connectivity index (χ0v) is 15.9. The summed E-state index contributed by atoms with van der Waals surface area (Å²) in [5.74, 6) is -1.50. The summed E-state index contributed by atoms with van der Waals surface area (Å²) in [4.78, 5) is 23.3. The highest BCUT2D eigenvalue weighted by atomic mass is 32.2. The average molecular weight is 407 g/mol. The first-order valence-electron chi connectivity index (χ1n) is 8.34. The van der Waals surface area contributed by atoms with E-state index >= 15 is 0 Å². The van der Waals surface area contributed by atoms with Gasteiger partial charge in [0.2, 0.25) is 0 Å². The van der Waals surface area contributed by atoms with Crippen LogP contribution in [0.1, 0.15) is 11.1 Å². The van der Waals surface area contributed by atoms with Gasteiger partial charge in [-0.05, 0) is 29.7 Å². The van der Waals surface area contributed by atoms with E-state index in [0.29, 0.717) is 5.56 Å². The number of benzene rings is 2. The zero-order chi connectivity index (χ0) is 20.7. The zero-order valence-electron chi connectivity index (χ0n) is 15.1. The number of amides is 1. The molecule has 0 bridgehead atoms. The largest absolute Gasteiger partial charge is 0.479 e. The second-order valence-corrected chi connectivity index (χ2v) is 8.23. The van der Waals surface area contributed by atoms with Gasteiger partial charge in [-0.1, -0.05) is 42.5 Å². The number of rotatable bonds is 8. The van der Waals surface area contributed by atoms with Crippen LogP contribution < -0.4 is 5.32 Å². The molecule has 0 unspecified atom stereocenters. The summed E-state index contributed by atoms with van der Waals surface area (Å²) in [5, 5.41) is 21.3. The highest BCUT2D eigenvalue weighted by Crippen LogP contribution is 2.13. The van der Waals surface area contributed by atoms with Gasteiger partial charge in [0.05, 0.1) is 10.9 Å². The molecule has 0 radical (unpaired) electrons. The summed E-state index contributed by atoms with van der Waals surface area (Å²) in [6.07, 6.45) is -1.69. The van der Waals surface area contributed by atoms with E-state index in [4.69, 9.17) is 9.84 Å². The maximum Gasteiger partial charge on any atom is 0.407 e. The van der Waals surface area contributed by atoms with Crippen LogP contribution in [0.15, 0.2) is 59.5 Å². The van der Waals surface area contributed by atoms with E-state index < -0.39 is 34.0 Å². The van der Waals surface area contributed by atoms with E-state index in [-0.39, 0.29) is 17.9 Å². The molecule has 9 heteroatoms. The van der Waals surface area contributed by atoms with Crippen molar-refractivity contribution in [2.75, 3.05) is 6.26 Å². The number of alkyl carbamates (subject to hydrolysis) is 1. The Morgan fingerprint density at radius 2 is 1.64 bits per heavy atom. The van der Waals surface area contributed by atoms with Gasteiger partial charge >= 0.3 is 12.1 Å². The smallest absolute Gasteiger partial charge is 0.407 e. The number of carboxylic acid groups (broad SMARTS) is 1. The molecule has 150 valence electrons. The van der Waals surface area contributed by atoms with Gasteiger partial charge in [-0.3, -0.25) is 0 Å². The molecule has 0 aliphatic heterocycles. The van der Waals surface area contributed by atoms with Gasteiger partial charge in [-0.2, -0.15) is 0 Å². The molecule has 2 aromatic rings. The third kappa shape index (κ3) is 6.36. The number of aliphatic hydroxyl groups is 1. The summed E-state index contributed by atoms with van der Waals surface area (Å²) in [6, 6.07) is 13.5. The summed E-state index contributed by atoms with van der Waals surface area (Å²) in [6.45, 7) is -0.00832. The molecule has 2 atom stereocenters. The van der Waals surface area contributed by atoms with Crippen LogP contribution in [0.3, 0.4) is 0 Å². The molecule has 0 saturated carbocycles. The molecule has 0 aromatic heterocycles. The molecule has 28 heavy (non-hydrogen) atoms. The number of carboxylic acids is 1. The molecule has 0 spiro atoms. The quantitative estimate of drug-likeness (QED) is 0.602. The van der Waals surface area contributed by atoms with Gasteiger partial charge in [0.1, 0.15) is 6.61 Å². The minimum atomic E-state index is -3.36. The van der Waals surface area contributed by atoms with E-state index in [9.17, 15) is 23.1 Å². The monoisotopic (exact) mass is 407 g/mol. The molecule has 1 amide bonds. The maximum atomic E-state index is 12.0. The molecule has 0 aliphatic carbocycles. The Bertz CT molecular complexity index is 911. The molecule has 2 rings (SSSR count). The van der Waals surface area contributed by atoms with Crippen LogP contribution in [0.2, 0.25) is 0 Å². The Morgan fingerprint density at radius 3 is 2.18 bits per heavy atom.